The van der Waals surface area contributed by atoms with Crippen LogP contribution in [0.4, 0.5) is 60.7 Å². The van der Waals surface area contributed by atoms with Crippen molar-refractivity contribution in [2.45, 2.75) is 75.8 Å². The summed E-state index contributed by atoms with van der Waals surface area (Å²) in [6, 6.07) is 17.2. The number of hydrogen-bond acceptors (Lipinski definition) is 14. The lowest BCUT2D eigenvalue weighted by Gasteiger charge is -2.37. The molecule has 6 heterocycles. The number of hydrogen-bond donors (Lipinski definition) is 2. The molecule has 2 N–H and O–H groups in total. The first kappa shape index (κ1) is 55.4. The summed E-state index contributed by atoms with van der Waals surface area (Å²) in [5, 5.41) is 28.1. The smallest absolute Gasteiger partial charge is 0.369 e. The lowest BCUT2D eigenvalue weighted by Crippen LogP contribution is -2.47. The highest BCUT2D eigenvalue weighted by Gasteiger charge is 2.32. The van der Waals surface area contributed by atoms with Gasteiger partial charge in [-0.1, -0.05) is 12.2 Å². The van der Waals surface area contributed by atoms with E-state index in [2.05, 4.69) is 45.1 Å². The molecule has 0 atom stereocenters. The van der Waals surface area contributed by atoms with Crippen molar-refractivity contribution in [2.24, 2.45) is 0 Å². The standard InChI is InChI=1S/C25H31F3N6O3.C25H31F3N6O2S/c26-25(27,28)19-3-5-21(6-4-19)32-16-14-31(15-17-32)11-1-2-24(35)33-12-9-20(10-13-33)30-23-8-7-22(18-29-23)34(36)37;26-25(27,28)19-3-5-21(6-4-19)32-16-14-31(15-17-32)11-1-2-24(37)33-12-9-20(10-13-33)30-23-8-7-22(18-29-23)34(35)36/h2*3-8,18,20H,1-2,9-17H2,(H,29,30). The maximum absolute atomic E-state index is 12.8. The van der Waals surface area contributed by atoms with Gasteiger partial charge in [0, 0.05) is 121 Å². The lowest BCUT2D eigenvalue weighted by atomic mass is 10.0. The third-order valence-electron chi connectivity index (χ3n) is 13.9. The second kappa shape index (κ2) is 25.7. The highest BCUT2D eigenvalue weighted by Crippen LogP contribution is 2.32. The van der Waals surface area contributed by atoms with Crippen LogP contribution < -0.4 is 20.4 Å². The van der Waals surface area contributed by atoms with Gasteiger partial charge in [0.05, 0.1) is 26.0 Å². The van der Waals surface area contributed by atoms with Gasteiger partial charge < -0.3 is 30.2 Å². The molecule has 0 unspecified atom stereocenters. The van der Waals surface area contributed by atoms with Crippen LogP contribution in [0.5, 0.6) is 0 Å². The molecule has 4 fully saturated rings. The van der Waals surface area contributed by atoms with E-state index in [-0.39, 0.29) is 29.4 Å². The van der Waals surface area contributed by atoms with E-state index < -0.39 is 33.3 Å². The molecule has 2 aromatic carbocycles. The van der Waals surface area contributed by atoms with Crippen LogP contribution in [0.2, 0.25) is 0 Å². The first-order valence-corrected chi connectivity index (χ1v) is 25.4. The van der Waals surface area contributed by atoms with Gasteiger partial charge in [0.1, 0.15) is 24.0 Å². The van der Waals surface area contributed by atoms with Crippen molar-refractivity contribution < 1.29 is 41.0 Å². The van der Waals surface area contributed by atoms with Gasteiger partial charge in [-0.2, -0.15) is 26.3 Å². The van der Waals surface area contributed by atoms with Gasteiger partial charge in [0.2, 0.25) is 5.91 Å². The van der Waals surface area contributed by atoms with Crippen LogP contribution >= 0.6 is 12.2 Å². The van der Waals surface area contributed by atoms with Crippen LogP contribution in [-0.4, -0.2) is 154 Å². The number of halogens is 6. The van der Waals surface area contributed by atoms with Gasteiger partial charge in [0.15, 0.2) is 0 Å². The first-order chi connectivity index (χ1) is 35.4. The number of thiocarbonyl (C=S) groups is 1. The van der Waals surface area contributed by atoms with Crippen LogP contribution in [-0.2, 0) is 17.1 Å². The normalized spacial score (nSPS) is 17.6. The summed E-state index contributed by atoms with van der Waals surface area (Å²) < 4.78 is 76.6. The van der Waals surface area contributed by atoms with Gasteiger partial charge in [-0.3, -0.25) is 34.8 Å². The number of carbonyl (C=O) groups is 1. The summed E-state index contributed by atoms with van der Waals surface area (Å²) in [5.41, 5.74) is 0.300. The number of pyridine rings is 2. The summed E-state index contributed by atoms with van der Waals surface area (Å²) in [7, 11) is 0. The average Bonchev–Trinajstić information content (AvgIpc) is 3.39. The monoisotopic (exact) mass is 1060 g/mol. The number of alkyl halides is 6. The van der Waals surface area contributed by atoms with Gasteiger partial charge in [0.25, 0.3) is 11.4 Å². The number of likely N-dealkylation sites (tertiary alicyclic amines) is 2. The van der Waals surface area contributed by atoms with Crippen molar-refractivity contribution in [3.8, 4) is 0 Å². The second-order valence-electron chi connectivity index (χ2n) is 18.9. The Kier molecular flexibility index (Phi) is 19.2. The molecule has 400 valence electrons. The van der Waals surface area contributed by atoms with Crippen molar-refractivity contribution in [1.82, 2.24) is 29.6 Å². The molecular weight excluding hydrogens is 995 g/mol. The Labute approximate surface area is 431 Å². The van der Waals surface area contributed by atoms with Crippen LogP contribution in [0.3, 0.4) is 0 Å². The SMILES string of the molecule is O=C(CCCN1CCN(c2ccc(C(F)(F)F)cc2)CC1)N1CCC(Nc2ccc([N+](=O)[O-])cn2)CC1.O=[N+]([O-])c1ccc(NC2CCN(C(=S)CCCN3CCN(c4ccc(C(F)(F)F)cc4)CC3)CC2)nc1. The van der Waals surface area contributed by atoms with Crippen molar-refractivity contribution in [2.75, 3.05) is 112 Å². The molecule has 4 aliphatic rings. The zero-order chi connectivity index (χ0) is 52.8. The van der Waals surface area contributed by atoms with Crippen LogP contribution in [0.15, 0.2) is 85.2 Å². The quantitative estimate of drug-likeness (QED) is 0.0472. The summed E-state index contributed by atoms with van der Waals surface area (Å²) in [4.78, 5) is 55.5. The van der Waals surface area contributed by atoms with Gasteiger partial charge >= 0.3 is 12.4 Å². The van der Waals surface area contributed by atoms with E-state index in [4.69, 9.17) is 12.2 Å². The average molecular weight is 1060 g/mol. The minimum absolute atomic E-state index is 0.0215. The highest BCUT2D eigenvalue weighted by atomic mass is 32.1. The minimum Gasteiger partial charge on any atom is -0.369 e. The molecule has 1 amide bonds. The molecule has 0 aliphatic carbocycles. The zero-order valence-corrected chi connectivity index (χ0v) is 41.8. The topological polar surface area (TPSA) is 173 Å². The first-order valence-electron chi connectivity index (χ1n) is 25.0. The van der Waals surface area contributed by atoms with Gasteiger partial charge in [-0.25, -0.2) is 9.97 Å². The van der Waals surface area contributed by atoms with E-state index in [1.165, 1.54) is 36.7 Å². The zero-order valence-electron chi connectivity index (χ0n) is 41.0. The fourth-order valence-electron chi connectivity index (χ4n) is 9.53. The van der Waals surface area contributed by atoms with E-state index >= 15 is 0 Å². The molecule has 0 spiro atoms. The Balaban J connectivity index is 0.000000216. The number of amides is 1. The third-order valence-corrected chi connectivity index (χ3v) is 14.4. The van der Waals surface area contributed by atoms with Gasteiger partial charge in [-0.15, -0.1) is 0 Å². The summed E-state index contributed by atoms with van der Waals surface area (Å²) in [6.45, 7) is 11.3. The minimum atomic E-state index is -4.33. The second-order valence-corrected chi connectivity index (χ2v) is 19.3. The third kappa shape index (κ3) is 16.3. The fourth-order valence-corrected chi connectivity index (χ4v) is 9.86. The summed E-state index contributed by atoms with van der Waals surface area (Å²) in [6.07, 6.45) is 0.371. The van der Waals surface area contributed by atoms with Crippen molar-refractivity contribution in [3.63, 3.8) is 0 Å². The van der Waals surface area contributed by atoms with Crippen molar-refractivity contribution in [3.05, 3.63) is 117 Å². The van der Waals surface area contributed by atoms with E-state index in [0.717, 1.165) is 164 Å². The van der Waals surface area contributed by atoms with E-state index in [9.17, 15) is 51.4 Å². The number of nitrogens with one attached hydrogen (secondary N) is 2. The number of piperazine rings is 2. The predicted molar refractivity (Wildman–Crippen MR) is 274 cm³/mol. The van der Waals surface area contributed by atoms with Crippen molar-refractivity contribution >= 4 is 57.5 Å². The Morgan fingerprint density at radius 1 is 0.554 bits per heavy atom. The molecule has 74 heavy (non-hydrogen) atoms. The molecule has 4 saturated heterocycles. The van der Waals surface area contributed by atoms with E-state index in [0.29, 0.717) is 31.1 Å². The lowest BCUT2D eigenvalue weighted by molar-refractivity contribution is -0.385. The fraction of sp³-hybridized carbons (Fsp3) is 0.520. The summed E-state index contributed by atoms with van der Waals surface area (Å²) in [5.74, 6) is 1.38. The Morgan fingerprint density at radius 2 is 0.932 bits per heavy atom. The van der Waals surface area contributed by atoms with E-state index in [1.807, 2.05) is 4.90 Å². The number of nitro groups is 2. The van der Waals surface area contributed by atoms with Crippen molar-refractivity contribution in [1.29, 1.82) is 0 Å². The Morgan fingerprint density at radius 3 is 1.28 bits per heavy atom. The number of carbonyl (C=O) groups excluding carboxylic acids is 1. The highest BCUT2D eigenvalue weighted by molar-refractivity contribution is 7.80. The number of aromatic nitrogens is 2. The van der Waals surface area contributed by atoms with Crippen LogP contribution in [0.1, 0.15) is 62.5 Å². The van der Waals surface area contributed by atoms with E-state index in [1.54, 1.807) is 24.3 Å². The Hall–Kier alpha value is -6.40. The maximum Gasteiger partial charge on any atom is 0.416 e. The molecule has 17 nitrogen and oxygen atoms in total. The molecule has 2 aromatic heterocycles. The largest absolute Gasteiger partial charge is 0.416 e. The molecular formula is C50H62F6N12O5S. The molecule has 0 bridgehead atoms. The number of rotatable bonds is 16. The molecule has 8 rings (SSSR count). The van der Waals surface area contributed by atoms with Gasteiger partial charge in [-0.05, 0) is 119 Å². The summed E-state index contributed by atoms with van der Waals surface area (Å²) >= 11 is 5.69. The molecule has 4 aromatic rings. The van der Waals surface area contributed by atoms with Crippen LogP contribution in [0, 0.1) is 20.2 Å². The van der Waals surface area contributed by atoms with Crippen LogP contribution in [0.25, 0.3) is 0 Å². The molecule has 4 aliphatic heterocycles. The number of nitrogens with zero attached hydrogens (tertiary/aromatic N) is 10. The molecule has 0 radical (unpaired) electrons. The number of piperidine rings is 2. The molecule has 24 heteroatoms. The Bertz CT molecular complexity index is 2270. The molecule has 0 saturated carbocycles. The number of anilines is 4. The number of benzene rings is 2. The maximum atomic E-state index is 12.8. The predicted octanol–water partition coefficient (Wildman–Crippen LogP) is 8.83.